The molecule has 0 bridgehead atoms. The van der Waals surface area contributed by atoms with Gasteiger partial charge in [0.1, 0.15) is 0 Å². The van der Waals surface area contributed by atoms with E-state index < -0.39 is 0 Å². The minimum absolute atomic E-state index is 0.565. The third-order valence-corrected chi connectivity index (χ3v) is 26.2. The summed E-state index contributed by atoms with van der Waals surface area (Å²) in [6, 6.07) is 55.8. The summed E-state index contributed by atoms with van der Waals surface area (Å²) in [4.78, 5) is 3.09. The second kappa shape index (κ2) is 69.9. The number of nitrogens with zero attached hydrogens (tertiary/aromatic N) is 4. The Hall–Kier alpha value is -5.44. The molecule has 8 heteroatoms. The van der Waals surface area contributed by atoms with Gasteiger partial charge in [0.15, 0.2) is 0 Å². The monoisotopic (exact) mass is 1760 g/mol. The molecule has 0 fully saturated rings. The Morgan fingerprint density at radius 3 is 0.706 bits per heavy atom. The Kier molecular flexibility index (Phi) is 61.2. The molecule has 2 heterocycles. The molecule has 8 rings (SSSR count). The van der Waals surface area contributed by atoms with Crippen LogP contribution in [-0.4, -0.2) is 9.39 Å². The van der Waals surface area contributed by atoms with Crippen LogP contribution in [0.4, 0.5) is 0 Å². The van der Waals surface area contributed by atoms with Crippen molar-refractivity contribution in [3.05, 3.63) is 247 Å². The van der Waals surface area contributed by atoms with Crippen molar-refractivity contribution in [1.29, 1.82) is 0 Å². The van der Waals surface area contributed by atoms with Gasteiger partial charge in [-0.25, -0.2) is 9.39 Å². The van der Waals surface area contributed by atoms with Crippen LogP contribution in [0.1, 0.15) is 439 Å². The fourth-order valence-electron chi connectivity index (χ4n) is 16.3. The van der Waals surface area contributed by atoms with Crippen molar-refractivity contribution >= 4 is 22.8 Å². The molecule has 666 valence electrons. The third kappa shape index (κ3) is 43.6. The van der Waals surface area contributed by atoms with Crippen molar-refractivity contribution in [3.63, 3.8) is 0 Å². The molecule has 119 heavy (non-hydrogen) atoms. The number of hydrogen-bond donors (Lipinski definition) is 0. The Morgan fingerprint density at radius 2 is 0.437 bits per heavy atom. The number of allylic oxidation sites excluding steroid dienone is 4. The number of hydrogen-bond acceptors (Lipinski definition) is 2. The van der Waals surface area contributed by atoms with Gasteiger partial charge in [0.05, 0.1) is 0 Å². The maximum atomic E-state index is 11.9. The average molecular weight is 1760 g/mol. The molecule has 2 aliphatic heterocycles. The maximum absolute atomic E-state index is 11.9. The quantitative estimate of drug-likeness (QED) is 0.0217. The fraction of sp³-hybridized carbons (Fsp3) is 0.604. The van der Waals surface area contributed by atoms with Gasteiger partial charge >= 0.3 is 277 Å². The van der Waals surface area contributed by atoms with Crippen LogP contribution in [0.2, 0.25) is 9.79 Å². The van der Waals surface area contributed by atoms with Crippen LogP contribution < -0.4 is 0 Å². The van der Waals surface area contributed by atoms with E-state index in [1.807, 2.05) is 60.7 Å². The molecule has 0 saturated heterocycles. The van der Waals surface area contributed by atoms with Crippen molar-refractivity contribution in [2.24, 2.45) is 0 Å². The summed E-state index contributed by atoms with van der Waals surface area (Å²) in [6.45, 7) is 23.8. The first-order chi connectivity index (χ1) is 58.6. The van der Waals surface area contributed by atoms with Crippen LogP contribution in [0.15, 0.2) is 180 Å². The van der Waals surface area contributed by atoms with Gasteiger partial charge in [0.25, 0.3) is 0 Å². The molecule has 0 aliphatic carbocycles. The van der Waals surface area contributed by atoms with E-state index in [0.717, 1.165) is 192 Å². The molecule has 0 atom stereocenters. The number of rotatable bonds is 65. The van der Waals surface area contributed by atoms with Gasteiger partial charge in [-0.2, -0.15) is 0 Å². The van der Waals surface area contributed by atoms with Crippen molar-refractivity contribution in [1.82, 2.24) is 0 Å². The molecule has 0 spiro atoms. The van der Waals surface area contributed by atoms with Crippen LogP contribution in [-0.2, 0) is 79.7 Å². The van der Waals surface area contributed by atoms with E-state index in [0.29, 0.717) is 13.2 Å². The van der Waals surface area contributed by atoms with Crippen molar-refractivity contribution in [2.45, 2.75) is 433 Å². The molecule has 2 aliphatic rings. The zero-order chi connectivity index (χ0) is 85.1. The number of unbranched alkanes of at least 4 members (excludes halogenated alkanes) is 35. The van der Waals surface area contributed by atoms with E-state index in [9.17, 15) is 11.1 Å². The Labute approximate surface area is 746 Å². The van der Waals surface area contributed by atoms with Gasteiger partial charge in [0.2, 0.25) is 22.8 Å². The van der Waals surface area contributed by atoms with Crippen LogP contribution in [0, 0.1) is 0 Å². The number of aryl methyl sites for hydroxylation is 4. The first-order valence-corrected chi connectivity index (χ1v) is 52.3. The molecule has 0 amide bonds. The third-order valence-electron chi connectivity index (χ3n) is 23.5. The van der Waals surface area contributed by atoms with Crippen LogP contribution in [0.25, 0.3) is 33.9 Å². The summed E-state index contributed by atoms with van der Waals surface area (Å²) >= 11 is 1.93. The van der Waals surface area contributed by atoms with Crippen molar-refractivity contribution in [2.75, 3.05) is 0 Å². The van der Waals surface area contributed by atoms with E-state index in [4.69, 9.17) is 7.76 Å². The second-order valence-corrected chi connectivity index (χ2v) is 37.1. The molecule has 6 nitrogen and oxygen atoms in total. The van der Waals surface area contributed by atoms with E-state index in [1.165, 1.54) is 282 Å². The zero-order valence-electron chi connectivity index (χ0n) is 77.6. The molecule has 6 aromatic carbocycles. The number of benzene rings is 6. The van der Waals surface area contributed by atoms with Crippen LogP contribution >= 0.6 is 0 Å². The van der Waals surface area contributed by atoms with Gasteiger partial charge in [-0.3, -0.25) is 0 Å². The Morgan fingerprint density at radius 1 is 0.227 bits per heavy atom. The minimum atomic E-state index is 0.565. The van der Waals surface area contributed by atoms with Crippen molar-refractivity contribution in [3.8, 4) is 0 Å². The first-order valence-electron chi connectivity index (χ1n) is 49.3. The normalized spacial score (nSPS) is 12.8. The molecule has 0 N–H and O–H groups in total. The predicted molar refractivity (Wildman–Crippen MR) is 511 cm³/mol. The van der Waals surface area contributed by atoms with Crippen LogP contribution in [0.3, 0.4) is 0 Å². The van der Waals surface area contributed by atoms with Gasteiger partial charge in [-0.05, 0) is 174 Å². The zero-order valence-corrected chi connectivity index (χ0v) is 80.1. The summed E-state index contributed by atoms with van der Waals surface area (Å²) in [5.41, 5.74) is 45.5. The SMILES string of the molecule is CCCCCCCCCCCCC[CH2][Pd][CH2]CCCCCCCCCCCCC.CCCCCCCCc1cccc(C2=C(CCCC)C(CCCC)=C(c3cccc(CCCC)c3)[N+]2=[N-])c1.CCCCCc1cccc(C2=C(CCCC)C(CCCC)=C(c3cccc(CCCC)c3)[N+]2=[N-])c1.c1ccc(C[O][Ni][O]Cc2ccccc2)cc1. The second-order valence-electron chi connectivity index (χ2n) is 34.1. The molecule has 6 aromatic rings. The van der Waals surface area contributed by atoms with Crippen LogP contribution in [0.5, 0.6) is 0 Å². The molecule has 0 saturated carbocycles. The molecular formula is C111H170N4NiO2Pd. The molecule has 0 aromatic heterocycles. The molecule has 0 radical (unpaired) electrons. The van der Waals surface area contributed by atoms with E-state index >= 15 is 0 Å². The molecular weight excluding hydrogens is 1590 g/mol. The summed E-state index contributed by atoms with van der Waals surface area (Å²) < 4.78 is 13.8. The fourth-order valence-corrected chi connectivity index (χ4v) is 18.8. The first kappa shape index (κ1) is 104. The predicted octanol–water partition coefficient (Wildman–Crippen LogP) is 36.4. The molecule has 0 unspecified atom stereocenters. The summed E-state index contributed by atoms with van der Waals surface area (Å²) in [6.07, 6.45) is 69.6. The van der Waals surface area contributed by atoms with E-state index in [-0.39, 0.29) is 0 Å². The van der Waals surface area contributed by atoms with Gasteiger partial charge < -0.3 is 11.1 Å². The Balaban J connectivity index is 0.000000291. The summed E-state index contributed by atoms with van der Waals surface area (Å²) in [5, 5.41) is 0. The van der Waals surface area contributed by atoms with Crippen molar-refractivity contribution < 1.29 is 50.2 Å². The standard InChI is InChI=1S/C36H52N2.C33H46N2.2C14H29.2C7H7O.Ni.Pd/c1-5-9-13-14-15-16-20-30-22-18-24-32(28-30)36-34(26-12-8-4)33(25-11-7-3)35(38(36)37)31-23-17-21-29(27-31)19-10-6-2;1-5-9-13-17-27-19-15-21-29(25-27)33-31(23-12-8-4)30(22-11-7-3)32(35(33)34)28-20-14-18-26(24-28)16-10-6-2;2*1-3-5-7-9-11-13-14-12-10-8-6-4-2;2*8-6-7-4-2-1-3-5-7;;/h17-18,21-24,27-28H,5-16,19-20,25-26H2,1-4H3;14-15,18-21,24-25H,5-13,16-17,22-23H2,1-4H3;2*1,3-14H2,2H3;2*1-5H,6H2;;/q;;;;2*-1;+2;. The van der Waals surface area contributed by atoms with Gasteiger partial charge in [0, 0.05) is 44.5 Å². The summed E-state index contributed by atoms with van der Waals surface area (Å²) in [7, 11) is 0. The Bertz CT molecular complexity index is 3650. The van der Waals surface area contributed by atoms with Gasteiger partial charge in [-0.1, -0.05) is 214 Å². The average Bonchev–Trinajstić information content (AvgIpc) is 1.61. The topological polar surface area (TPSA) is 69.1 Å². The van der Waals surface area contributed by atoms with E-state index in [1.54, 1.807) is 19.2 Å². The van der Waals surface area contributed by atoms with E-state index in [2.05, 4.69) is 166 Å². The van der Waals surface area contributed by atoms with Gasteiger partial charge in [-0.15, -0.1) is 0 Å². The summed E-state index contributed by atoms with van der Waals surface area (Å²) in [5.74, 6) is 0.